The number of allylic oxidation sites excluding steroid dienone is 1. The van der Waals surface area contributed by atoms with E-state index in [2.05, 4.69) is 93.6 Å². The average Bonchev–Trinajstić information content (AvgIpc) is 2.62. The first-order valence-electron chi connectivity index (χ1n) is 9.03. The lowest BCUT2D eigenvalue weighted by atomic mass is 10.2. The zero-order valence-corrected chi connectivity index (χ0v) is 16.6. The number of benzene rings is 2. The van der Waals surface area contributed by atoms with Crippen molar-refractivity contribution < 1.29 is 9.53 Å². The van der Waals surface area contributed by atoms with Crippen LogP contribution in [0.5, 0.6) is 0 Å². The Labute approximate surface area is 153 Å². The van der Waals surface area contributed by atoms with Gasteiger partial charge in [0.05, 0.1) is 6.61 Å². The van der Waals surface area contributed by atoms with Crippen molar-refractivity contribution in [2.45, 2.75) is 38.7 Å². The van der Waals surface area contributed by atoms with E-state index >= 15 is 0 Å². The Balaban J connectivity index is 2.41. The molecular weight excluding hydrogens is 324 g/mol. The van der Waals surface area contributed by atoms with Crippen LogP contribution in [-0.4, -0.2) is 26.6 Å². The van der Waals surface area contributed by atoms with Crippen LogP contribution in [0.25, 0.3) is 0 Å². The van der Waals surface area contributed by atoms with Gasteiger partial charge in [0.2, 0.25) is 0 Å². The molecule has 2 nitrogen and oxygen atoms in total. The van der Waals surface area contributed by atoms with E-state index in [0.717, 1.165) is 12.8 Å². The molecule has 2 aromatic carbocycles. The SMILES string of the molecule is CC(C)(C)[Si](OC/C=C/CCCO)(c1ccccc1)c1ccccc1. The summed E-state index contributed by atoms with van der Waals surface area (Å²) in [5.74, 6) is 0. The molecule has 0 aromatic heterocycles. The highest BCUT2D eigenvalue weighted by Crippen LogP contribution is 2.36. The average molecular weight is 355 g/mol. The van der Waals surface area contributed by atoms with Crippen LogP contribution in [0, 0.1) is 0 Å². The topological polar surface area (TPSA) is 29.5 Å². The fourth-order valence-corrected chi connectivity index (χ4v) is 7.83. The number of aliphatic hydroxyl groups is 1. The van der Waals surface area contributed by atoms with Crippen molar-refractivity contribution in [3.63, 3.8) is 0 Å². The van der Waals surface area contributed by atoms with Crippen LogP contribution in [0.1, 0.15) is 33.6 Å². The summed E-state index contributed by atoms with van der Waals surface area (Å²) in [4.78, 5) is 0. The molecule has 0 aliphatic heterocycles. The predicted molar refractivity (Wildman–Crippen MR) is 109 cm³/mol. The molecule has 0 amide bonds. The van der Waals surface area contributed by atoms with Crippen LogP contribution in [0.4, 0.5) is 0 Å². The molecule has 1 N–H and O–H groups in total. The van der Waals surface area contributed by atoms with E-state index < -0.39 is 8.32 Å². The largest absolute Gasteiger partial charge is 0.404 e. The van der Waals surface area contributed by atoms with E-state index in [1.807, 2.05) is 0 Å². The zero-order chi connectivity index (χ0) is 18.2. The minimum absolute atomic E-state index is 0.00858. The molecule has 2 aromatic rings. The number of hydrogen-bond donors (Lipinski definition) is 1. The number of unbranched alkanes of at least 4 members (excludes halogenated alkanes) is 1. The van der Waals surface area contributed by atoms with Gasteiger partial charge in [-0.25, -0.2) is 0 Å². The van der Waals surface area contributed by atoms with Crippen LogP contribution < -0.4 is 10.4 Å². The van der Waals surface area contributed by atoms with E-state index in [1.165, 1.54) is 10.4 Å². The van der Waals surface area contributed by atoms with E-state index in [4.69, 9.17) is 9.53 Å². The molecule has 2 rings (SSSR count). The summed E-state index contributed by atoms with van der Waals surface area (Å²) in [5, 5.41) is 11.5. The summed E-state index contributed by atoms with van der Waals surface area (Å²) < 4.78 is 6.74. The lowest BCUT2D eigenvalue weighted by molar-refractivity contribution is 0.289. The minimum atomic E-state index is -2.42. The zero-order valence-electron chi connectivity index (χ0n) is 15.6. The molecule has 0 radical (unpaired) electrons. The molecule has 0 aliphatic carbocycles. The van der Waals surface area contributed by atoms with Crippen molar-refractivity contribution in [1.29, 1.82) is 0 Å². The molecule has 134 valence electrons. The van der Waals surface area contributed by atoms with Gasteiger partial charge in [0.25, 0.3) is 8.32 Å². The third kappa shape index (κ3) is 4.69. The fourth-order valence-electron chi connectivity index (χ4n) is 3.33. The maximum Gasteiger partial charge on any atom is 0.261 e. The highest BCUT2D eigenvalue weighted by Gasteiger charge is 2.49. The summed E-state index contributed by atoms with van der Waals surface area (Å²) in [6.07, 6.45) is 5.89. The standard InChI is InChI=1S/C22H30O2Si/c1-22(2,3)25(20-14-8-6-9-15-20,21-16-10-7-11-17-21)24-19-13-5-4-12-18-23/h5-11,13-17,23H,4,12,18-19H2,1-3H3/b13-5+. The molecular formula is C22H30O2Si. The molecule has 0 atom stereocenters. The van der Waals surface area contributed by atoms with Crippen molar-refractivity contribution in [2.75, 3.05) is 13.2 Å². The highest BCUT2D eigenvalue weighted by atomic mass is 28.4. The lowest BCUT2D eigenvalue weighted by Crippen LogP contribution is -2.66. The third-order valence-electron chi connectivity index (χ3n) is 4.51. The first-order chi connectivity index (χ1) is 12.0. The van der Waals surface area contributed by atoms with Gasteiger partial charge in [-0.3, -0.25) is 0 Å². The second-order valence-electron chi connectivity index (χ2n) is 7.31. The van der Waals surface area contributed by atoms with Gasteiger partial charge in [-0.2, -0.15) is 0 Å². The predicted octanol–water partition coefficient (Wildman–Crippen LogP) is 3.89. The van der Waals surface area contributed by atoms with Gasteiger partial charge in [-0.15, -0.1) is 0 Å². The molecule has 0 fully saturated rings. The quantitative estimate of drug-likeness (QED) is 0.443. The molecule has 0 spiro atoms. The lowest BCUT2D eigenvalue weighted by Gasteiger charge is -2.42. The van der Waals surface area contributed by atoms with Crippen molar-refractivity contribution in [1.82, 2.24) is 0 Å². The van der Waals surface area contributed by atoms with Crippen LogP contribution >= 0.6 is 0 Å². The van der Waals surface area contributed by atoms with Gasteiger partial charge in [-0.05, 0) is 28.3 Å². The van der Waals surface area contributed by atoms with Crippen molar-refractivity contribution in [2.24, 2.45) is 0 Å². The van der Waals surface area contributed by atoms with Gasteiger partial charge in [-0.1, -0.05) is 93.6 Å². The van der Waals surface area contributed by atoms with E-state index in [9.17, 15) is 0 Å². The van der Waals surface area contributed by atoms with Crippen molar-refractivity contribution >= 4 is 18.7 Å². The van der Waals surface area contributed by atoms with Crippen LogP contribution in [0.2, 0.25) is 5.04 Å². The Bertz CT molecular complexity index is 605. The second-order valence-corrected chi connectivity index (χ2v) is 11.6. The molecule has 0 saturated carbocycles. The van der Waals surface area contributed by atoms with Crippen LogP contribution in [-0.2, 0) is 4.43 Å². The molecule has 25 heavy (non-hydrogen) atoms. The Morgan fingerprint density at radius 1 is 0.880 bits per heavy atom. The minimum Gasteiger partial charge on any atom is -0.404 e. The molecule has 0 bridgehead atoms. The van der Waals surface area contributed by atoms with Crippen molar-refractivity contribution in [3.05, 3.63) is 72.8 Å². The Kier molecular flexibility index (Phi) is 7.18. The highest BCUT2D eigenvalue weighted by molar-refractivity contribution is 6.99. The first-order valence-corrected chi connectivity index (χ1v) is 10.9. The van der Waals surface area contributed by atoms with Gasteiger partial charge in [0.15, 0.2) is 0 Å². The summed E-state index contributed by atoms with van der Waals surface area (Å²) in [7, 11) is -2.42. The Hall–Kier alpha value is -1.68. The molecule has 0 unspecified atom stereocenters. The Morgan fingerprint density at radius 2 is 1.40 bits per heavy atom. The number of rotatable bonds is 8. The molecule has 0 saturated heterocycles. The monoisotopic (exact) mass is 354 g/mol. The summed E-state index contributed by atoms with van der Waals surface area (Å²) in [6, 6.07) is 21.4. The summed E-state index contributed by atoms with van der Waals surface area (Å²) in [5.41, 5.74) is 0. The first kappa shape index (κ1) is 19.6. The van der Waals surface area contributed by atoms with Gasteiger partial charge in [0, 0.05) is 6.61 Å². The second kappa shape index (κ2) is 9.14. The molecule has 0 aliphatic rings. The summed E-state index contributed by atoms with van der Waals surface area (Å²) in [6.45, 7) is 7.69. The van der Waals surface area contributed by atoms with Gasteiger partial charge in [0.1, 0.15) is 0 Å². The molecule has 3 heteroatoms. The van der Waals surface area contributed by atoms with E-state index in [-0.39, 0.29) is 11.6 Å². The summed E-state index contributed by atoms with van der Waals surface area (Å²) >= 11 is 0. The normalized spacial score (nSPS) is 12.6. The van der Waals surface area contributed by atoms with E-state index in [1.54, 1.807) is 0 Å². The van der Waals surface area contributed by atoms with Crippen LogP contribution in [0.3, 0.4) is 0 Å². The van der Waals surface area contributed by atoms with Crippen LogP contribution in [0.15, 0.2) is 72.8 Å². The van der Waals surface area contributed by atoms with Gasteiger partial charge < -0.3 is 9.53 Å². The Morgan fingerprint density at radius 3 is 1.84 bits per heavy atom. The number of hydrogen-bond acceptors (Lipinski definition) is 2. The van der Waals surface area contributed by atoms with Gasteiger partial charge >= 0.3 is 0 Å². The number of aliphatic hydroxyl groups excluding tert-OH is 1. The third-order valence-corrected chi connectivity index (χ3v) is 9.51. The maximum absolute atomic E-state index is 8.90. The molecule has 0 heterocycles. The fraction of sp³-hybridized carbons (Fsp3) is 0.364. The smallest absolute Gasteiger partial charge is 0.261 e. The van der Waals surface area contributed by atoms with E-state index in [0.29, 0.717) is 6.61 Å². The van der Waals surface area contributed by atoms with Crippen molar-refractivity contribution in [3.8, 4) is 0 Å². The maximum atomic E-state index is 8.90.